The molecule has 0 heterocycles. The van der Waals surface area contributed by atoms with E-state index in [9.17, 15) is 4.39 Å². The van der Waals surface area contributed by atoms with Crippen molar-refractivity contribution in [1.82, 2.24) is 0 Å². The van der Waals surface area contributed by atoms with Crippen molar-refractivity contribution in [3.63, 3.8) is 0 Å². The Morgan fingerprint density at radius 3 is 2.87 bits per heavy atom. The van der Waals surface area contributed by atoms with E-state index in [4.69, 9.17) is 11.6 Å². The molecule has 0 aromatic heterocycles. The summed E-state index contributed by atoms with van der Waals surface area (Å²) in [6.45, 7) is 0.765. The number of para-hydroxylation sites is 1. The highest BCUT2D eigenvalue weighted by Gasteiger charge is 2.04. The third-order valence-electron chi connectivity index (χ3n) is 2.04. The van der Waals surface area contributed by atoms with Crippen molar-refractivity contribution < 1.29 is 4.39 Å². The Bertz CT molecular complexity index is 286. The number of thioether (sulfide) groups is 1. The van der Waals surface area contributed by atoms with Gasteiger partial charge in [-0.1, -0.05) is 17.7 Å². The first-order chi connectivity index (χ1) is 7.25. The molecule has 1 aromatic carbocycles. The van der Waals surface area contributed by atoms with Crippen molar-refractivity contribution in [2.24, 2.45) is 0 Å². The molecular formula is C11H15ClFNS. The maximum atomic E-state index is 13.3. The fraction of sp³-hybridized carbons (Fsp3) is 0.455. The maximum absolute atomic E-state index is 13.3. The smallest absolute Gasteiger partial charge is 0.147 e. The average molecular weight is 248 g/mol. The van der Waals surface area contributed by atoms with E-state index < -0.39 is 0 Å². The third kappa shape index (κ3) is 4.31. The summed E-state index contributed by atoms with van der Waals surface area (Å²) in [5.74, 6) is 0.861. The fourth-order valence-corrected chi connectivity index (χ4v) is 1.97. The average Bonchev–Trinajstić information content (AvgIpc) is 2.21. The molecule has 1 rings (SSSR count). The zero-order chi connectivity index (χ0) is 11.1. The minimum atomic E-state index is -0.285. The summed E-state index contributed by atoms with van der Waals surface area (Å²) in [4.78, 5) is 0. The fourth-order valence-electron chi connectivity index (χ4n) is 1.25. The molecule has 0 aliphatic heterocycles. The lowest BCUT2D eigenvalue weighted by molar-refractivity contribution is 0.629. The van der Waals surface area contributed by atoms with Crippen LogP contribution in [-0.2, 0) is 0 Å². The van der Waals surface area contributed by atoms with Gasteiger partial charge in [-0.2, -0.15) is 11.8 Å². The monoisotopic (exact) mass is 247 g/mol. The Kier molecular flexibility index (Phi) is 5.88. The number of nitrogens with one attached hydrogen (secondary N) is 1. The number of hydrogen-bond donors (Lipinski definition) is 1. The first-order valence-electron chi connectivity index (χ1n) is 4.92. The SMILES string of the molecule is CSCCCCNc1c(F)cccc1Cl. The highest BCUT2D eigenvalue weighted by atomic mass is 35.5. The Morgan fingerprint density at radius 1 is 1.40 bits per heavy atom. The van der Waals surface area contributed by atoms with Gasteiger partial charge in [0.05, 0.1) is 10.7 Å². The maximum Gasteiger partial charge on any atom is 0.147 e. The largest absolute Gasteiger partial charge is 0.381 e. The Balaban J connectivity index is 2.37. The molecule has 1 N–H and O–H groups in total. The summed E-state index contributed by atoms with van der Waals surface area (Å²) in [7, 11) is 0. The lowest BCUT2D eigenvalue weighted by Crippen LogP contribution is -2.04. The second-order valence-electron chi connectivity index (χ2n) is 3.22. The number of hydrogen-bond acceptors (Lipinski definition) is 2. The van der Waals surface area contributed by atoms with Crippen molar-refractivity contribution in [1.29, 1.82) is 0 Å². The number of rotatable bonds is 6. The molecule has 0 atom stereocenters. The molecular weight excluding hydrogens is 233 g/mol. The van der Waals surface area contributed by atoms with Crippen LogP contribution >= 0.6 is 23.4 Å². The highest BCUT2D eigenvalue weighted by Crippen LogP contribution is 2.24. The van der Waals surface area contributed by atoms with Crippen LogP contribution in [0.5, 0.6) is 0 Å². The molecule has 0 saturated carbocycles. The van der Waals surface area contributed by atoms with Crippen molar-refractivity contribution in [3.05, 3.63) is 29.0 Å². The number of benzene rings is 1. The van der Waals surface area contributed by atoms with E-state index >= 15 is 0 Å². The molecule has 0 radical (unpaired) electrons. The van der Waals surface area contributed by atoms with E-state index in [1.165, 1.54) is 6.07 Å². The zero-order valence-electron chi connectivity index (χ0n) is 8.72. The predicted octanol–water partition coefficient (Wildman–Crippen LogP) is 4.03. The second-order valence-corrected chi connectivity index (χ2v) is 4.62. The summed E-state index contributed by atoms with van der Waals surface area (Å²) in [6.07, 6.45) is 4.26. The van der Waals surface area contributed by atoms with Gasteiger partial charge in [-0.3, -0.25) is 0 Å². The van der Waals surface area contributed by atoms with Crippen LogP contribution in [-0.4, -0.2) is 18.6 Å². The topological polar surface area (TPSA) is 12.0 Å². The number of halogens is 2. The van der Waals surface area contributed by atoms with E-state index in [1.807, 2.05) is 11.8 Å². The molecule has 0 amide bonds. The number of unbranched alkanes of at least 4 members (excludes halogenated alkanes) is 1. The van der Waals surface area contributed by atoms with E-state index in [1.54, 1.807) is 12.1 Å². The molecule has 0 unspecified atom stereocenters. The summed E-state index contributed by atoms with van der Waals surface area (Å²) in [5, 5.41) is 3.47. The first kappa shape index (κ1) is 12.7. The first-order valence-corrected chi connectivity index (χ1v) is 6.69. The summed E-state index contributed by atoms with van der Waals surface area (Å²) in [5.41, 5.74) is 0.420. The molecule has 0 aliphatic rings. The van der Waals surface area contributed by atoms with Crippen molar-refractivity contribution in [3.8, 4) is 0 Å². The minimum Gasteiger partial charge on any atom is -0.381 e. The molecule has 84 valence electrons. The van der Waals surface area contributed by atoms with Crippen LogP contribution in [0, 0.1) is 5.82 Å². The van der Waals surface area contributed by atoms with Crippen LogP contribution in [0.3, 0.4) is 0 Å². The molecule has 1 nitrogen and oxygen atoms in total. The van der Waals surface area contributed by atoms with Gasteiger partial charge in [0.2, 0.25) is 0 Å². The van der Waals surface area contributed by atoms with Gasteiger partial charge in [0.1, 0.15) is 5.82 Å². The molecule has 0 bridgehead atoms. The molecule has 0 spiro atoms. The standard InChI is InChI=1S/C11H15ClFNS/c1-15-8-3-2-7-14-11-9(12)5-4-6-10(11)13/h4-6,14H,2-3,7-8H2,1H3. The molecule has 0 fully saturated rings. The third-order valence-corrected chi connectivity index (χ3v) is 3.05. The quantitative estimate of drug-likeness (QED) is 0.762. The Morgan fingerprint density at radius 2 is 2.20 bits per heavy atom. The summed E-state index contributed by atoms with van der Waals surface area (Å²) >= 11 is 7.69. The lowest BCUT2D eigenvalue weighted by atomic mass is 10.3. The molecule has 4 heteroatoms. The van der Waals surface area contributed by atoms with Crippen molar-refractivity contribution >= 4 is 29.1 Å². The Labute approximate surface area is 99.4 Å². The van der Waals surface area contributed by atoms with Crippen LogP contribution in [0.4, 0.5) is 10.1 Å². The van der Waals surface area contributed by atoms with Crippen LogP contribution in [0.1, 0.15) is 12.8 Å². The van der Waals surface area contributed by atoms with E-state index in [0.29, 0.717) is 10.7 Å². The lowest BCUT2D eigenvalue weighted by Gasteiger charge is -2.08. The van der Waals surface area contributed by atoms with Crippen molar-refractivity contribution in [2.75, 3.05) is 23.9 Å². The second kappa shape index (κ2) is 6.96. The van der Waals surface area contributed by atoms with Gasteiger partial charge < -0.3 is 5.32 Å². The minimum absolute atomic E-state index is 0.285. The Hall–Kier alpha value is -0.410. The highest BCUT2D eigenvalue weighted by molar-refractivity contribution is 7.98. The number of anilines is 1. The van der Waals surface area contributed by atoms with Gasteiger partial charge >= 0.3 is 0 Å². The zero-order valence-corrected chi connectivity index (χ0v) is 10.3. The van der Waals surface area contributed by atoms with Gasteiger partial charge in [0.25, 0.3) is 0 Å². The van der Waals surface area contributed by atoms with E-state index in [-0.39, 0.29) is 5.82 Å². The normalized spacial score (nSPS) is 10.3. The van der Waals surface area contributed by atoms with Gasteiger partial charge in [-0.05, 0) is 37.0 Å². The molecule has 15 heavy (non-hydrogen) atoms. The molecule has 0 saturated heterocycles. The summed E-state index contributed by atoms with van der Waals surface area (Å²) in [6, 6.07) is 4.71. The van der Waals surface area contributed by atoms with Gasteiger partial charge in [-0.15, -0.1) is 0 Å². The van der Waals surface area contributed by atoms with E-state index in [0.717, 1.165) is 25.1 Å². The van der Waals surface area contributed by atoms with Crippen LogP contribution in [0.25, 0.3) is 0 Å². The van der Waals surface area contributed by atoms with Crippen LogP contribution in [0.2, 0.25) is 5.02 Å². The van der Waals surface area contributed by atoms with Crippen LogP contribution < -0.4 is 5.32 Å². The van der Waals surface area contributed by atoms with Crippen molar-refractivity contribution in [2.45, 2.75) is 12.8 Å². The van der Waals surface area contributed by atoms with E-state index in [2.05, 4.69) is 11.6 Å². The van der Waals surface area contributed by atoms with Gasteiger partial charge in [0, 0.05) is 6.54 Å². The molecule has 0 aliphatic carbocycles. The predicted molar refractivity (Wildman–Crippen MR) is 67.5 cm³/mol. The summed E-state index contributed by atoms with van der Waals surface area (Å²) < 4.78 is 13.3. The molecule has 1 aromatic rings. The van der Waals surface area contributed by atoms with Crippen LogP contribution in [0.15, 0.2) is 18.2 Å². The van der Waals surface area contributed by atoms with Gasteiger partial charge in [-0.25, -0.2) is 4.39 Å². The van der Waals surface area contributed by atoms with Gasteiger partial charge in [0.15, 0.2) is 0 Å².